The van der Waals surface area contributed by atoms with Crippen LogP contribution in [0.5, 0.6) is 0 Å². The Morgan fingerprint density at radius 1 is 1.75 bits per heavy atom. The summed E-state index contributed by atoms with van der Waals surface area (Å²) in [5.41, 5.74) is 0. The minimum absolute atomic E-state index is 1.08. The fraction of sp³-hybridized carbons (Fsp3) is 1.00. The molecular weight excluding hydrogens is 84.2 g/mol. The van der Waals surface area contributed by atoms with E-state index in [0.717, 1.165) is 5.75 Å². The summed E-state index contributed by atoms with van der Waals surface area (Å²) >= 11 is 3.96. The Bertz CT molecular complexity index is 8.00. The number of thiol groups is 1. The molecule has 0 unspecified atom stereocenters. The van der Waals surface area contributed by atoms with Crippen LogP contribution in [0, 0.1) is 0 Å². The van der Waals surface area contributed by atoms with Crippen LogP contribution in [0.3, 0.4) is 0 Å². The normalized spacial score (nSPS) is 8.25. The zero-order valence-electron chi connectivity index (χ0n) is 2.86. The Morgan fingerprint density at radius 2 is 2.00 bits per heavy atom. The first-order chi connectivity index (χ1) is 1.91. The summed E-state index contributed by atoms with van der Waals surface area (Å²) in [6, 6.07) is 1.32. The van der Waals surface area contributed by atoms with E-state index in [0.29, 0.717) is 0 Å². The first-order valence-corrected chi connectivity index (χ1v) is 3.57. The molecule has 0 amide bonds. The van der Waals surface area contributed by atoms with Crippen molar-refractivity contribution in [3.05, 3.63) is 0 Å². The second-order valence-corrected chi connectivity index (χ2v) is 2.17. The molecule has 0 N–H and O–H groups in total. The quantitative estimate of drug-likeness (QED) is 0.333. The van der Waals surface area contributed by atoms with Gasteiger partial charge in [-0.1, -0.05) is 6.04 Å². The van der Waals surface area contributed by atoms with E-state index in [4.69, 9.17) is 0 Å². The first-order valence-electron chi connectivity index (χ1n) is 1.52. The molecule has 0 fully saturated rings. The maximum absolute atomic E-state index is 3.96. The third-order valence-corrected chi connectivity index (χ3v) is 2.01. The van der Waals surface area contributed by atoms with Crippen molar-refractivity contribution in [1.82, 2.24) is 0 Å². The highest BCUT2D eigenvalue weighted by atomic mass is 32.1. The standard InChI is InChI=1S/C2H8SSi/c3-1-2-4/h3H,1-2H2,4H3. The molecule has 0 aromatic rings. The van der Waals surface area contributed by atoms with Crippen LogP contribution in [-0.4, -0.2) is 16.0 Å². The van der Waals surface area contributed by atoms with Crippen LogP contribution in [0.15, 0.2) is 0 Å². The van der Waals surface area contributed by atoms with E-state index >= 15 is 0 Å². The molecule has 26 valence electrons. The minimum Gasteiger partial charge on any atom is -0.180 e. The van der Waals surface area contributed by atoms with Crippen LogP contribution in [0.2, 0.25) is 6.04 Å². The Kier molecular flexibility index (Phi) is 4.07. The lowest BCUT2D eigenvalue weighted by atomic mass is 11.0. The van der Waals surface area contributed by atoms with E-state index in [9.17, 15) is 0 Å². The Labute approximate surface area is 35.4 Å². The van der Waals surface area contributed by atoms with Crippen LogP contribution < -0.4 is 0 Å². The molecule has 0 saturated heterocycles. The third-order valence-electron chi connectivity index (χ3n) is 0.224. The largest absolute Gasteiger partial charge is 0.180 e. The van der Waals surface area contributed by atoms with Crippen molar-refractivity contribution in [2.45, 2.75) is 6.04 Å². The number of hydrogen-bond donors (Lipinski definition) is 1. The summed E-state index contributed by atoms with van der Waals surface area (Å²) in [7, 11) is 1.31. The Balaban J connectivity index is 1.97. The molecule has 2 heteroatoms. The summed E-state index contributed by atoms with van der Waals surface area (Å²) in [4.78, 5) is 0. The molecular formula is C2H8SSi. The van der Waals surface area contributed by atoms with Crippen LogP contribution in [-0.2, 0) is 0 Å². The van der Waals surface area contributed by atoms with E-state index < -0.39 is 0 Å². The highest BCUT2D eigenvalue weighted by molar-refractivity contribution is 7.80. The highest BCUT2D eigenvalue weighted by Gasteiger charge is 1.57. The van der Waals surface area contributed by atoms with Crippen molar-refractivity contribution >= 4 is 22.9 Å². The van der Waals surface area contributed by atoms with Crippen molar-refractivity contribution in [1.29, 1.82) is 0 Å². The average molecular weight is 92.2 g/mol. The molecule has 0 bridgehead atoms. The Hall–Kier alpha value is 0.567. The van der Waals surface area contributed by atoms with E-state index in [1.54, 1.807) is 0 Å². The topological polar surface area (TPSA) is 0 Å². The van der Waals surface area contributed by atoms with Gasteiger partial charge in [-0.3, -0.25) is 0 Å². The number of hydrogen-bond acceptors (Lipinski definition) is 1. The monoisotopic (exact) mass is 92.0 g/mol. The summed E-state index contributed by atoms with van der Waals surface area (Å²) in [5.74, 6) is 1.08. The second-order valence-electron chi connectivity index (χ2n) is 0.724. The van der Waals surface area contributed by atoms with Gasteiger partial charge in [-0.2, -0.15) is 12.6 Å². The molecule has 0 rings (SSSR count). The van der Waals surface area contributed by atoms with Crippen LogP contribution in [0.1, 0.15) is 0 Å². The van der Waals surface area contributed by atoms with Gasteiger partial charge in [0.1, 0.15) is 0 Å². The molecule has 0 nitrogen and oxygen atoms in total. The lowest BCUT2D eigenvalue weighted by Gasteiger charge is -1.67. The lowest BCUT2D eigenvalue weighted by Crippen LogP contribution is -1.62. The van der Waals surface area contributed by atoms with Gasteiger partial charge in [-0.15, -0.1) is 0 Å². The molecule has 4 heavy (non-hydrogen) atoms. The molecule has 0 saturated carbocycles. The first kappa shape index (κ1) is 4.57. The molecule has 0 radical (unpaired) electrons. The average Bonchev–Trinajstić information content (AvgIpc) is 1.37. The second kappa shape index (κ2) is 3.57. The fourth-order valence-electron chi connectivity index (χ4n) is 0. The van der Waals surface area contributed by atoms with Gasteiger partial charge < -0.3 is 0 Å². The third kappa shape index (κ3) is 2.57. The summed E-state index contributed by atoms with van der Waals surface area (Å²) < 4.78 is 0. The Morgan fingerprint density at radius 3 is 2.00 bits per heavy atom. The smallest absolute Gasteiger partial charge is 0.00383 e. The molecule has 0 aromatic carbocycles. The minimum atomic E-state index is 1.08. The maximum atomic E-state index is 3.96. The van der Waals surface area contributed by atoms with E-state index in [1.807, 2.05) is 0 Å². The van der Waals surface area contributed by atoms with Crippen molar-refractivity contribution in [3.63, 3.8) is 0 Å². The van der Waals surface area contributed by atoms with Gasteiger partial charge in [-0.25, -0.2) is 0 Å². The zero-order valence-corrected chi connectivity index (χ0v) is 5.76. The fourth-order valence-corrected chi connectivity index (χ4v) is 0. The molecule has 0 aromatic heterocycles. The highest BCUT2D eigenvalue weighted by Crippen LogP contribution is 1.71. The lowest BCUT2D eigenvalue weighted by molar-refractivity contribution is 1.52. The van der Waals surface area contributed by atoms with Gasteiger partial charge in [0.25, 0.3) is 0 Å². The van der Waals surface area contributed by atoms with Crippen molar-refractivity contribution < 1.29 is 0 Å². The molecule has 0 aliphatic carbocycles. The predicted octanol–water partition coefficient (Wildman–Crippen LogP) is -0.300. The van der Waals surface area contributed by atoms with Gasteiger partial charge in [0, 0.05) is 10.2 Å². The van der Waals surface area contributed by atoms with Crippen LogP contribution >= 0.6 is 12.6 Å². The maximum Gasteiger partial charge on any atom is 0.00383 e. The van der Waals surface area contributed by atoms with Crippen LogP contribution in [0.25, 0.3) is 0 Å². The molecule has 0 aliphatic heterocycles. The van der Waals surface area contributed by atoms with Gasteiger partial charge in [0.15, 0.2) is 0 Å². The zero-order chi connectivity index (χ0) is 3.41. The molecule has 0 atom stereocenters. The van der Waals surface area contributed by atoms with Crippen molar-refractivity contribution in [2.75, 3.05) is 5.75 Å². The molecule has 0 heterocycles. The molecule has 0 spiro atoms. The van der Waals surface area contributed by atoms with Gasteiger partial charge in [0.2, 0.25) is 0 Å². The summed E-state index contributed by atoms with van der Waals surface area (Å²) in [6.07, 6.45) is 0. The van der Waals surface area contributed by atoms with E-state index in [1.165, 1.54) is 16.3 Å². The van der Waals surface area contributed by atoms with E-state index in [2.05, 4.69) is 12.6 Å². The number of rotatable bonds is 1. The molecule has 0 aliphatic rings. The summed E-state index contributed by atoms with van der Waals surface area (Å²) in [5, 5.41) is 0. The van der Waals surface area contributed by atoms with Gasteiger partial charge >= 0.3 is 0 Å². The van der Waals surface area contributed by atoms with E-state index in [-0.39, 0.29) is 0 Å². The summed E-state index contributed by atoms with van der Waals surface area (Å²) in [6.45, 7) is 0. The van der Waals surface area contributed by atoms with Crippen molar-refractivity contribution in [2.24, 2.45) is 0 Å². The SMILES string of the molecule is [SiH3]CCS. The van der Waals surface area contributed by atoms with Crippen LogP contribution in [0.4, 0.5) is 0 Å². The predicted molar refractivity (Wildman–Crippen MR) is 28.6 cm³/mol. The van der Waals surface area contributed by atoms with Gasteiger partial charge in [0.05, 0.1) is 0 Å². The van der Waals surface area contributed by atoms with Crippen molar-refractivity contribution in [3.8, 4) is 0 Å². The van der Waals surface area contributed by atoms with Gasteiger partial charge in [-0.05, 0) is 5.75 Å².